The molecule has 1 heterocycles. The van der Waals surface area contributed by atoms with Gasteiger partial charge in [0.25, 0.3) is 0 Å². The molecule has 0 amide bonds. The van der Waals surface area contributed by atoms with Gasteiger partial charge in [-0.1, -0.05) is 50.2 Å². The topological polar surface area (TPSA) is 27.7 Å². The Labute approximate surface area is 217 Å². The zero-order valence-corrected chi connectivity index (χ0v) is 21.2. The van der Waals surface area contributed by atoms with Crippen LogP contribution in [0.4, 0.5) is 22.0 Å². The zero-order chi connectivity index (χ0) is 27.4. The molecule has 8 heteroatoms. The summed E-state index contributed by atoms with van der Waals surface area (Å²) < 4.78 is 85.9. The standard InChI is InChI=1S/C28H21F5O3.C2H6/c1-15-8-23(30)27(24(31)9-15)34-12-16-13-35-28(36-14-16)18-4-2-17(3-5-18)19-6-7-21-20(10-19)11-22(29)26(33)25(21)32;1-2/h2-11,16,28H,12-14H2,1H3;1-2H3. The van der Waals surface area contributed by atoms with Crippen LogP contribution >= 0.6 is 0 Å². The molecule has 0 atom stereocenters. The Kier molecular flexibility index (Phi) is 8.64. The molecule has 0 radical (unpaired) electrons. The molecule has 0 bridgehead atoms. The SMILES string of the molecule is CC.Cc1cc(F)c(OCC2COC(c3ccc(-c4ccc5c(F)c(F)c(F)cc5c4)cc3)OC2)c(F)c1. The van der Waals surface area contributed by atoms with Crippen molar-refractivity contribution in [3.05, 3.63) is 101 Å². The van der Waals surface area contributed by atoms with Gasteiger partial charge in [-0.15, -0.1) is 0 Å². The van der Waals surface area contributed by atoms with Crippen LogP contribution in [0.1, 0.15) is 31.3 Å². The van der Waals surface area contributed by atoms with Crippen molar-refractivity contribution in [2.24, 2.45) is 5.92 Å². The highest BCUT2D eigenvalue weighted by atomic mass is 19.2. The summed E-state index contributed by atoms with van der Waals surface area (Å²) in [5, 5.41) is 0.259. The predicted molar refractivity (Wildman–Crippen MR) is 135 cm³/mol. The third kappa shape index (κ3) is 5.81. The predicted octanol–water partition coefficient (Wildman–Crippen LogP) is 8.28. The molecule has 1 fully saturated rings. The first-order valence-corrected chi connectivity index (χ1v) is 12.3. The molecule has 3 nitrogen and oxygen atoms in total. The minimum atomic E-state index is -1.49. The maximum Gasteiger partial charge on any atom is 0.195 e. The van der Waals surface area contributed by atoms with Gasteiger partial charge in [-0.3, -0.25) is 0 Å². The van der Waals surface area contributed by atoms with Crippen LogP contribution < -0.4 is 4.74 Å². The molecular weight excluding hydrogens is 503 g/mol. The van der Waals surface area contributed by atoms with Crippen LogP contribution in [0.5, 0.6) is 5.75 Å². The van der Waals surface area contributed by atoms with Gasteiger partial charge in [0.15, 0.2) is 41.1 Å². The average Bonchev–Trinajstić information content (AvgIpc) is 2.92. The molecule has 5 rings (SSSR count). The van der Waals surface area contributed by atoms with Gasteiger partial charge in [0.2, 0.25) is 0 Å². The van der Waals surface area contributed by atoms with E-state index in [0.29, 0.717) is 11.1 Å². The number of benzene rings is 4. The van der Waals surface area contributed by atoms with Crippen molar-refractivity contribution in [2.75, 3.05) is 19.8 Å². The Bertz CT molecular complexity index is 1390. The molecule has 200 valence electrons. The minimum Gasteiger partial charge on any atom is -0.487 e. The van der Waals surface area contributed by atoms with Gasteiger partial charge < -0.3 is 14.2 Å². The smallest absolute Gasteiger partial charge is 0.195 e. The molecule has 1 aliphatic heterocycles. The maximum atomic E-state index is 14.0. The number of halogens is 5. The van der Waals surface area contributed by atoms with Gasteiger partial charge >= 0.3 is 0 Å². The van der Waals surface area contributed by atoms with Crippen molar-refractivity contribution in [2.45, 2.75) is 27.1 Å². The quantitative estimate of drug-likeness (QED) is 0.192. The van der Waals surface area contributed by atoms with Crippen LogP contribution in [0.3, 0.4) is 0 Å². The van der Waals surface area contributed by atoms with E-state index in [2.05, 4.69) is 0 Å². The van der Waals surface area contributed by atoms with Crippen molar-refractivity contribution >= 4 is 10.8 Å². The minimum absolute atomic E-state index is 0.00432. The first kappa shape index (κ1) is 27.5. The van der Waals surface area contributed by atoms with Crippen LogP contribution in [-0.4, -0.2) is 19.8 Å². The lowest BCUT2D eigenvalue weighted by Crippen LogP contribution is -2.31. The van der Waals surface area contributed by atoms with Crippen LogP contribution in [0.2, 0.25) is 0 Å². The van der Waals surface area contributed by atoms with Crippen LogP contribution in [0, 0.1) is 41.9 Å². The van der Waals surface area contributed by atoms with Crippen molar-refractivity contribution in [3.63, 3.8) is 0 Å². The number of rotatable bonds is 5. The van der Waals surface area contributed by atoms with E-state index in [-0.39, 0.29) is 36.5 Å². The highest BCUT2D eigenvalue weighted by Gasteiger charge is 2.25. The lowest BCUT2D eigenvalue weighted by Gasteiger charge is -2.29. The van der Waals surface area contributed by atoms with Crippen molar-refractivity contribution in [1.29, 1.82) is 0 Å². The van der Waals surface area contributed by atoms with Gasteiger partial charge in [-0.05, 0) is 53.3 Å². The molecule has 0 unspecified atom stereocenters. The third-order valence-electron chi connectivity index (χ3n) is 6.06. The van der Waals surface area contributed by atoms with Gasteiger partial charge in [-0.25, -0.2) is 22.0 Å². The van der Waals surface area contributed by atoms with Crippen LogP contribution in [0.25, 0.3) is 21.9 Å². The summed E-state index contributed by atoms with van der Waals surface area (Å²) in [4.78, 5) is 0. The van der Waals surface area contributed by atoms with E-state index >= 15 is 0 Å². The summed E-state index contributed by atoms with van der Waals surface area (Å²) in [7, 11) is 0. The summed E-state index contributed by atoms with van der Waals surface area (Å²) in [5.74, 6) is -6.07. The van der Waals surface area contributed by atoms with E-state index in [1.807, 2.05) is 38.1 Å². The Hall–Kier alpha value is -3.49. The zero-order valence-electron chi connectivity index (χ0n) is 21.2. The Morgan fingerprint density at radius 1 is 0.737 bits per heavy atom. The number of hydrogen-bond acceptors (Lipinski definition) is 3. The molecule has 0 aromatic heterocycles. The monoisotopic (exact) mass is 530 g/mol. The second-order valence-corrected chi connectivity index (χ2v) is 8.78. The van der Waals surface area contributed by atoms with Gasteiger partial charge in [-0.2, -0.15) is 0 Å². The Morgan fingerprint density at radius 2 is 1.34 bits per heavy atom. The normalized spacial score (nSPS) is 17.2. The van der Waals surface area contributed by atoms with E-state index in [9.17, 15) is 22.0 Å². The largest absolute Gasteiger partial charge is 0.487 e. The highest BCUT2D eigenvalue weighted by molar-refractivity contribution is 5.88. The Morgan fingerprint density at radius 3 is 1.97 bits per heavy atom. The lowest BCUT2D eigenvalue weighted by molar-refractivity contribution is -0.208. The first-order valence-electron chi connectivity index (χ1n) is 12.3. The lowest BCUT2D eigenvalue weighted by atomic mass is 9.99. The molecule has 1 aliphatic rings. The van der Waals surface area contributed by atoms with Crippen molar-refractivity contribution < 1.29 is 36.2 Å². The number of hydrogen-bond donors (Lipinski definition) is 0. The molecule has 0 aliphatic carbocycles. The first-order chi connectivity index (χ1) is 18.3. The molecule has 38 heavy (non-hydrogen) atoms. The van der Waals surface area contributed by atoms with E-state index in [1.54, 1.807) is 19.1 Å². The van der Waals surface area contributed by atoms with E-state index in [4.69, 9.17) is 14.2 Å². The fraction of sp³-hybridized carbons (Fsp3) is 0.267. The van der Waals surface area contributed by atoms with Crippen molar-refractivity contribution in [3.8, 4) is 16.9 Å². The van der Waals surface area contributed by atoms with E-state index < -0.39 is 41.1 Å². The third-order valence-corrected chi connectivity index (χ3v) is 6.06. The van der Waals surface area contributed by atoms with Gasteiger partial charge in [0, 0.05) is 16.9 Å². The Balaban J connectivity index is 0.00000164. The number of fused-ring (bicyclic) bond motifs is 1. The molecule has 0 N–H and O–H groups in total. The molecular formula is C30H27F5O3. The average molecular weight is 531 g/mol. The van der Waals surface area contributed by atoms with Gasteiger partial charge in [0.1, 0.15) is 0 Å². The fourth-order valence-electron chi connectivity index (χ4n) is 4.17. The second-order valence-electron chi connectivity index (χ2n) is 8.78. The summed E-state index contributed by atoms with van der Waals surface area (Å²) in [6.45, 7) is 6.19. The second kappa shape index (κ2) is 11.9. The molecule has 1 saturated heterocycles. The van der Waals surface area contributed by atoms with E-state index in [1.165, 1.54) is 18.2 Å². The van der Waals surface area contributed by atoms with Gasteiger partial charge in [0.05, 0.1) is 19.8 Å². The fourth-order valence-corrected chi connectivity index (χ4v) is 4.17. The van der Waals surface area contributed by atoms with Crippen LogP contribution in [0.15, 0.2) is 60.7 Å². The maximum absolute atomic E-state index is 14.0. The summed E-state index contributed by atoms with van der Waals surface area (Å²) in [6.07, 6.45) is -0.620. The highest BCUT2D eigenvalue weighted by Crippen LogP contribution is 2.31. The number of aryl methyl sites for hydroxylation is 1. The van der Waals surface area contributed by atoms with Crippen LogP contribution in [-0.2, 0) is 9.47 Å². The molecule has 4 aromatic carbocycles. The summed E-state index contributed by atoms with van der Waals surface area (Å²) in [5.41, 5.74) is 2.72. The molecule has 0 spiro atoms. The summed E-state index contributed by atoms with van der Waals surface area (Å²) >= 11 is 0. The molecule has 4 aromatic rings. The molecule has 0 saturated carbocycles. The van der Waals surface area contributed by atoms with E-state index in [0.717, 1.165) is 17.2 Å². The van der Waals surface area contributed by atoms with Crippen molar-refractivity contribution in [1.82, 2.24) is 0 Å². The number of ether oxygens (including phenoxy) is 3. The summed E-state index contributed by atoms with van der Waals surface area (Å²) in [6, 6.07) is 15.3.